The van der Waals surface area contributed by atoms with Gasteiger partial charge in [-0.25, -0.2) is 0 Å². The normalized spacial score (nSPS) is 28.8. The summed E-state index contributed by atoms with van der Waals surface area (Å²) in [7, 11) is 0. The molecule has 2 rings (SSSR count). The Morgan fingerprint density at radius 1 is 1.12 bits per heavy atom. The minimum absolute atomic E-state index is 0.0501. The van der Waals surface area contributed by atoms with E-state index in [1.165, 1.54) is 23.5 Å². The van der Waals surface area contributed by atoms with E-state index >= 15 is 0 Å². The highest BCUT2D eigenvalue weighted by molar-refractivity contribution is 8.25. The van der Waals surface area contributed by atoms with Gasteiger partial charge in [0.05, 0.1) is 10.5 Å². The topological polar surface area (TPSA) is 58.2 Å². The van der Waals surface area contributed by atoms with E-state index in [1.807, 2.05) is 6.92 Å². The monoisotopic (exact) mass is 306 g/mol. The van der Waals surface area contributed by atoms with Crippen molar-refractivity contribution in [2.45, 2.75) is 23.8 Å². The number of carbonyl (C=O) groups is 2. The van der Waals surface area contributed by atoms with Gasteiger partial charge in [-0.3, -0.25) is 9.59 Å². The lowest BCUT2D eigenvalue weighted by Gasteiger charge is -2.22. The average molecular weight is 306 g/mol. The van der Waals surface area contributed by atoms with Gasteiger partial charge in [-0.05, 0) is 0 Å². The third-order valence-corrected chi connectivity index (χ3v) is 5.73. The molecule has 0 spiro atoms. The second-order valence-corrected chi connectivity index (χ2v) is 7.34. The average Bonchev–Trinajstić information content (AvgIpc) is 2.73. The molecule has 0 aliphatic carbocycles. The number of rotatable bonds is 3. The molecule has 2 atom stereocenters. The van der Waals surface area contributed by atoms with Gasteiger partial charge in [0.1, 0.15) is 8.64 Å². The number of nitrogens with one attached hydrogen (secondary N) is 2. The molecule has 0 aromatic heterocycles. The second kappa shape index (κ2) is 5.21. The lowest BCUT2D eigenvalue weighted by atomic mass is 9.96. The minimum Gasteiger partial charge on any atom is -0.311 e. The lowest BCUT2D eigenvalue weighted by Crippen LogP contribution is -2.38. The lowest BCUT2D eigenvalue weighted by molar-refractivity contribution is -0.121. The third kappa shape index (κ3) is 2.64. The van der Waals surface area contributed by atoms with Crippen LogP contribution in [0, 0.1) is 5.92 Å². The van der Waals surface area contributed by atoms with Crippen molar-refractivity contribution in [1.29, 1.82) is 0 Å². The Balaban J connectivity index is 2.16. The van der Waals surface area contributed by atoms with Crippen molar-refractivity contribution < 1.29 is 9.59 Å². The van der Waals surface area contributed by atoms with Crippen LogP contribution in [0.2, 0.25) is 0 Å². The SMILES string of the molecule is CCC([C@@H]1SC(=S)NC1=O)[C@@H]1SC(=S)NC1=O. The molecule has 8 heteroatoms. The van der Waals surface area contributed by atoms with Crippen LogP contribution in [-0.4, -0.2) is 31.0 Å². The standard InChI is InChI=1S/C9H10N2O2S4/c1-2-3(4-6(12)10-8(14)16-4)5-7(13)11-9(15)17-5/h3-5H,2H2,1H3,(H,10,12,14)(H,11,13,15)/t4-,5-/m0/s1. The Kier molecular flexibility index (Phi) is 4.06. The number of hydrogen-bond donors (Lipinski definition) is 2. The maximum absolute atomic E-state index is 11.7. The van der Waals surface area contributed by atoms with E-state index in [2.05, 4.69) is 10.6 Å². The third-order valence-electron chi connectivity index (χ3n) is 2.68. The summed E-state index contributed by atoms with van der Waals surface area (Å²) in [6, 6.07) is 0. The molecule has 0 radical (unpaired) electrons. The molecule has 2 fully saturated rings. The Bertz CT molecular complexity index is 376. The summed E-state index contributed by atoms with van der Waals surface area (Å²) >= 11 is 12.6. The fourth-order valence-electron chi connectivity index (χ4n) is 1.89. The van der Waals surface area contributed by atoms with E-state index in [-0.39, 0.29) is 28.2 Å². The molecule has 2 aliphatic heterocycles. The van der Waals surface area contributed by atoms with Crippen molar-refractivity contribution in [2.24, 2.45) is 5.92 Å². The Hall–Kier alpha value is -0.180. The molecule has 0 bridgehead atoms. The van der Waals surface area contributed by atoms with E-state index in [9.17, 15) is 9.59 Å². The first-order chi connectivity index (χ1) is 8.02. The van der Waals surface area contributed by atoms with Crippen LogP contribution in [0.5, 0.6) is 0 Å². The van der Waals surface area contributed by atoms with Gasteiger partial charge < -0.3 is 10.6 Å². The summed E-state index contributed by atoms with van der Waals surface area (Å²) in [4.78, 5) is 23.5. The van der Waals surface area contributed by atoms with Crippen LogP contribution in [0.15, 0.2) is 0 Å². The number of amides is 2. The quantitative estimate of drug-likeness (QED) is 0.760. The molecule has 0 unspecified atom stereocenters. The Morgan fingerprint density at radius 3 is 1.76 bits per heavy atom. The molecule has 2 aliphatic rings. The molecular formula is C9H10N2O2S4. The van der Waals surface area contributed by atoms with Gasteiger partial charge in [-0.2, -0.15) is 0 Å². The van der Waals surface area contributed by atoms with Gasteiger partial charge in [-0.15, -0.1) is 0 Å². The summed E-state index contributed by atoms with van der Waals surface area (Å²) < 4.78 is 0.980. The zero-order chi connectivity index (χ0) is 12.6. The van der Waals surface area contributed by atoms with Crippen molar-refractivity contribution in [3.8, 4) is 0 Å². The summed E-state index contributed by atoms with van der Waals surface area (Å²) in [5.41, 5.74) is 0. The summed E-state index contributed by atoms with van der Waals surface area (Å²) in [6.45, 7) is 1.97. The molecule has 2 heterocycles. The maximum Gasteiger partial charge on any atom is 0.239 e. The molecule has 2 N–H and O–H groups in total. The van der Waals surface area contributed by atoms with Gasteiger partial charge in [0, 0.05) is 5.92 Å². The van der Waals surface area contributed by atoms with Crippen LogP contribution in [0.1, 0.15) is 13.3 Å². The Labute approximate surface area is 118 Å². The first kappa shape index (κ1) is 13.3. The first-order valence-electron chi connectivity index (χ1n) is 5.06. The molecule has 2 amide bonds. The molecular weight excluding hydrogens is 296 g/mol. The summed E-state index contributed by atoms with van der Waals surface area (Å²) in [6.07, 6.45) is 0.738. The van der Waals surface area contributed by atoms with Crippen molar-refractivity contribution in [3.63, 3.8) is 0 Å². The highest BCUT2D eigenvalue weighted by Crippen LogP contribution is 2.37. The number of thioether (sulfide) groups is 2. The zero-order valence-electron chi connectivity index (χ0n) is 8.89. The van der Waals surface area contributed by atoms with Crippen molar-refractivity contribution in [1.82, 2.24) is 10.6 Å². The summed E-state index contributed by atoms with van der Waals surface area (Å²) in [5.74, 6) is -0.248. The van der Waals surface area contributed by atoms with Crippen molar-refractivity contribution in [3.05, 3.63) is 0 Å². The molecule has 2 saturated heterocycles. The van der Waals surface area contributed by atoms with Crippen LogP contribution in [0.4, 0.5) is 0 Å². The van der Waals surface area contributed by atoms with E-state index in [0.717, 1.165) is 6.42 Å². The van der Waals surface area contributed by atoms with Gasteiger partial charge in [0.15, 0.2) is 0 Å². The smallest absolute Gasteiger partial charge is 0.239 e. The second-order valence-electron chi connectivity index (χ2n) is 3.70. The van der Waals surface area contributed by atoms with Gasteiger partial charge in [-0.1, -0.05) is 61.3 Å². The molecule has 4 nitrogen and oxygen atoms in total. The molecule has 0 aromatic rings. The van der Waals surface area contributed by atoms with E-state index in [0.29, 0.717) is 8.64 Å². The van der Waals surface area contributed by atoms with Crippen LogP contribution >= 0.6 is 48.0 Å². The molecule has 0 saturated carbocycles. The van der Waals surface area contributed by atoms with Gasteiger partial charge in [0.2, 0.25) is 11.8 Å². The number of thiocarbonyl (C=S) groups is 2. The fourth-order valence-corrected chi connectivity index (χ4v) is 4.97. The minimum atomic E-state index is -0.281. The fraction of sp³-hybridized carbons (Fsp3) is 0.556. The Morgan fingerprint density at radius 2 is 1.53 bits per heavy atom. The van der Waals surface area contributed by atoms with Gasteiger partial charge >= 0.3 is 0 Å². The van der Waals surface area contributed by atoms with Crippen LogP contribution in [0.25, 0.3) is 0 Å². The first-order valence-corrected chi connectivity index (χ1v) is 7.63. The van der Waals surface area contributed by atoms with Crippen LogP contribution in [0.3, 0.4) is 0 Å². The zero-order valence-corrected chi connectivity index (χ0v) is 12.2. The van der Waals surface area contributed by atoms with E-state index < -0.39 is 0 Å². The molecule has 0 aromatic carbocycles. The van der Waals surface area contributed by atoms with Crippen molar-refractivity contribution >= 4 is 68.4 Å². The van der Waals surface area contributed by atoms with Crippen molar-refractivity contribution in [2.75, 3.05) is 0 Å². The number of hydrogen-bond acceptors (Lipinski definition) is 6. The van der Waals surface area contributed by atoms with E-state index in [4.69, 9.17) is 24.4 Å². The largest absolute Gasteiger partial charge is 0.311 e. The highest BCUT2D eigenvalue weighted by Gasteiger charge is 2.44. The summed E-state index contributed by atoms with van der Waals surface area (Å²) in [5, 5.41) is 4.66. The van der Waals surface area contributed by atoms with Crippen LogP contribution in [-0.2, 0) is 9.59 Å². The predicted octanol–water partition coefficient (Wildman–Crippen LogP) is 1.05. The van der Waals surface area contributed by atoms with Gasteiger partial charge in [0.25, 0.3) is 0 Å². The van der Waals surface area contributed by atoms with Crippen LogP contribution < -0.4 is 10.6 Å². The number of carbonyl (C=O) groups excluding carboxylic acids is 2. The van der Waals surface area contributed by atoms with E-state index in [1.54, 1.807) is 0 Å². The molecule has 92 valence electrons. The predicted molar refractivity (Wildman–Crippen MR) is 78.0 cm³/mol. The highest BCUT2D eigenvalue weighted by atomic mass is 32.2. The maximum atomic E-state index is 11.7. The molecule has 17 heavy (non-hydrogen) atoms.